The Hall–Kier alpha value is -4.06. The Morgan fingerprint density at radius 3 is 1.61 bits per heavy atom. The zero-order valence-electron chi connectivity index (χ0n) is 22.5. The van der Waals surface area contributed by atoms with Gasteiger partial charge in [-0.1, -0.05) is 127 Å². The van der Waals surface area contributed by atoms with Crippen LogP contribution in [-0.2, 0) is 20.4 Å². The molecule has 6 rings (SSSR count). The molecule has 0 unspecified atom stereocenters. The van der Waals surface area contributed by atoms with Crippen LogP contribution in [-0.4, -0.2) is 16.4 Å². The van der Waals surface area contributed by atoms with Crippen molar-refractivity contribution < 1.29 is 30.6 Å². The van der Waals surface area contributed by atoms with Gasteiger partial charge in [0.25, 0.3) is 0 Å². The van der Waals surface area contributed by atoms with Crippen LogP contribution in [0.25, 0.3) is 10.8 Å². The van der Waals surface area contributed by atoms with E-state index in [0.717, 1.165) is 16.3 Å². The Morgan fingerprint density at radius 2 is 1.05 bits per heavy atom. The summed E-state index contributed by atoms with van der Waals surface area (Å²) < 4.78 is 0. The van der Waals surface area contributed by atoms with Crippen LogP contribution in [0.3, 0.4) is 0 Å². The van der Waals surface area contributed by atoms with Gasteiger partial charge in [-0.2, -0.15) is 0 Å². The van der Waals surface area contributed by atoms with Gasteiger partial charge < -0.3 is 10.2 Å². The van der Waals surface area contributed by atoms with Gasteiger partial charge in [-0.15, -0.1) is 0 Å². The van der Waals surface area contributed by atoms with Crippen molar-refractivity contribution >= 4 is 46.5 Å². The van der Waals surface area contributed by atoms with Crippen molar-refractivity contribution in [1.29, 1.82) is 0 Å². The monoisotopic (exact) mass is 645 g/mol. The van der Waals surface area contributed by atoms with Crippen molar-refractivity contribution in [2.75, 3.05) is 0 Å². The summed E-state index contributed by atoms with van der Waals surface area (Å²) in [7, 11) is -0.446. The van der Waals surface area contributed by atoms with E-state index in [1.165, 1.54) is 15.9 Å². The fraction of sp³-hybridized carbons (Fsp3) is 0.0278. The summed E-state index contributed by atoms with van der Waals surface area (Å²) in [4.78, 5) is 4.31. The van der Waals surface area contributed by atoms with Crippen LogP contribution in [0.15, 0.2) is 151 Å². The number of nitrogens with zero attached hydrogens (tertiary/aromatic N) is 1. The summed E-state index contributed by atoms with van der Waals surface area (Å²) in [6.07, 6.45) is 1.59. The molecule has 0 saturated carbocycles. The Bertz CT molecular complexity index is 1630. The first-order chi connectivity index (χ1) is 19.6. The molecule has 0 aromatic heterocycles. The van der Waals surface area contributed by atoms with Crippen molar-refractivity contribution in [3.8, 4) is 11.5 Å². The van der Waals surface area contributed by atoms with Crippen LogP contribution < -0.4 is 15.9 Å². The average Bonchev–Trinajstić information content (AvgIpc) is 3.00. The van der Waals surface area contributed by atoms with Crippen LogP contribution in [0.5, 0.6) is 11.5 Å². The number of aryl methyl sites for hydroxylation is 1. The predicted octanol–water partition coefficient (Wildman–Crippen LogP) is 7.75. The van der Waals surface area contributed by atoms with E-state index in [1.54, 1.807) is 24.4 Å². The zero-order valence-corrected chi connectivity index (χ0v) is 25.0. The molecule has 6 aromatic rings. The summed E-state index contributed by atoms with van der Waals surface area (Å²) >= 11 is 0. The van der Waals surface area contributed by atoms with Crippen LogP contribution >= 0.6 is 7.92 Å². The SMILES string of the molecule is Cc1ccc(O)c(N=Cc2c(O)ccc3ccccc23)c1.[Pd].c1ccc(P(c2ccccc2)c2ccccc2)cc1. The number of fused-ring (bicyclic) bond motifs is 1. The number of phenols is 2. The summed E-state index contributed by atoms with van der Waals surface area (Å²) in [5.41, 5.74) is 2.15. The Morgan fingerprint density at radius 1 is 0.561 bits per heavy atom. The van der Waals surface area contributed by atoms with E-state index in [1.807, 2.05) is 43.3 Å². The maximum Gasteiger partial charge on any atom is 0.141 e. The predicted molar refractivity (Wildman–Crippen MR) is 171 cm³/mol. The van der Waals surface area contributed by atoms with E-state index in [9.17, 15) is 10.2 Å². The molecule has 0 saturated heterocycles. The summed E-state index contributed by atoms with van der Waals surface area (Å²) in [5.74, 6) is 0.293. The van der Waals surface area contributed by atoms with E-state index in [0.29, 0.717) is 11.3 Å². The normalized spacial score (nSPS) is 10.7. The topological polar surface area (TPSA) is 52.8 Å². The molecule has 0 radical (unpaired) electrons. The minimum absolute atomic E-state index is 0. The second-order valence-electron chi connectivity index (χ2n) is 9.31. The number of aliphatic imine (C=N–C) groups is 1. The van der Waals surface area contributed by atoms with Gasteiger partial charge in [-0.3, -0.25) is 4.99 Å². The molecule has 0 aliphatic heterocycles. The van der Waals surface area contributed by atoms with Gasteiger partial charge in [0.2, 0.25) is 0 Å². The van der Waals surface area contributed by atoms with Crippen molar-refractivity contribution in [1.82, 2.24) is 0 Å². The maximum absolute atomic E-state index is 10.1. The van der Waals surface area contributed by atoms with Gasteiger partial charge in [0.15, 0.2) is 0 Å². The maximum atomic E-state index is 10.1. The van der Waals surface area contributed by atoms with Crippen LogP contribution in [0, 0.1) is 6.92 Å². The number of aromatic hydroxyl groups is 2. The molecule has 0 aliphatic rings. The Kier molecular flexibility index (Phi) is 10.6. The van der Waals surface area contributed by atoms with Gasteiger partial charge in [0, 0.05) is 32.2 Å². The fourth-order valence-corrected chi connectivity index (χ4v) is 6.77. The number of hydrogen-bond acceptors (Lipinski definition) is 3. The molecule has 5 heteroatoms. The van der Waals surface area contributed by atoms with Gasteiger partial charge in [-0.05, 0) is 65.3 Å². The van der Waals surface area contributed by atoms with Gasteiger partial charge in [0.1, 0.15) is 17.2 Å². The van der Waals surface area contributed by atoms with Gasteiger partial charge >= 0.3 is 0 Å². The molecular formula is C36H30NO2PPd. The standard InChI is InChI=1S/C18H15NO2.C18H15P.Pd/c1-12-6-8-18(21)16(10-12)19-11-15-14-5-3-2-4-13(14)7-9-17(15)20;1-4-10-16(11-5-1)19(17-12-6-2-7-13-17)18-14-8-3-9-15-18;/h2-11,20-21H,1H3;1-15H;. The summed E-state index contributed by atoms with van der Waals surface area (Å²) in [6.45, 7) is 1.94. The Labute approximate surface area is 256 Å². The van der Waals surface area contributed by atoms with Crippen LogP contribution in [0.2, 0.25) is 0 Å². The van der Waals surface area contributed by atoms with E-state index in [4.69, 9.17) is 0 Å². The first kappa shape index (κ1) is 29.9. The van der Waals surface area contributed by atoms with Crippen molar-refractivity contribution in [2.24, 2.45) is 4.99 Å². The van der Waals surface area contributed by atoms with E-state index in [2.05, 4.69) is 96.0 Å². The molecule has 0 spiro atoms. The molecule has 0 aliphatic carbocycles. The van der Waals surface area contributed by atoms with Crippen LogP contribution in [0.1, 0.15) is 11.1 Å². The summed E-state index contributed by atoms with van der Waals surface area (Å²) in [6, 6.07) is 48.9. The van der Waals surface area contributed by atoms with Crippen molar-refractivity contribution in [3.05, 3.63) is 157 Å². The van der Waals surface area contributed by atoms with Crippen molar-refractivity contribution in [3.63, 3.8) is 0 Å². The van der Waals surface area contributed by atoms with E-state index in [-0.39, 0.29) is 31.9 Å². The average molecular weight is 646 g/mol. The Balaban J connectivity index is 0.000000185. The second kappa shape index (κ2) is 14.5. The van der Waals surface area contributed by atoms with Gasteiger partial charge in [-0.25, -0.2) is 0 Å². The van der Waals surface area contributed by atoms with E-state index < -0.39 is 7.92 Å². The molecule has 0 amide bonds. The summed E-state index contributed by atoms with van der Waals surface area (Å²) in [5, 5.41) is 26.0. The zero-order chi connectivity index (χ0) is 27.7. The minimum atomic E-state index is -0.446. The molecule has 0 fully saturated rings. The first-order valence-corrected chi connectivity index (χ1v) is 14.4. The number of rotatable bonds is 5. The molecule has 206 valence electrons. The second-order valence-corrected chi connectivity index (χ2v) is 11.5. The molecule has 2 N–H and O–H groups in total. The third-order valence-corrected chi connectivity index (χ3v) is 8.90. The number of phenolic OH excluding ortho intramolecular Hbond substituents is 2. The minimum Gasteiger partial charge on any atom is -0.507 e. The number of benzene rings is 6. The smallest absolute Gasteiger partial charge is 0.141 e. The third kappa shape index (κ3) is 7.57. The molecule has 3 nitrogen and oxygen atoms in total. The van der Waals surface area contributed by atoms with Crippen LogP contribution in [0.4, 0.5) is 5.69 Å². The van der Waals surface area contributed by atoms with E-state index >= 15 is 0 Å². The molecule has 0 heterocycles. The first-order valence-electron chi connectivity index (χ1n) is 13.1. The molecule has 41 heavy (non-hydrogen) atoms. The fourth-order valence-electron chi connectivity index (χ4n) is 4.47. The quantitative estimate of drug-likeness (QED) is 0.114. The molecule has 0 bridgehead atoms. The molecule has 0 atom stereocenters. The third-order valence-electron chi connectivity index (χ3n) is 6.45. The largest absolute Gasteiger partial charge is 0.507 e. The molecular weight excluding hydrogens is 616 g/mol. The van der Waals surface area contributed by atoms with Crippen molar-refractivity contribution in [2.45, 2.75) is 6.92 Å². The van der Waals surface area contributed by atoms with Gasteiger partial charge in [0.05, 0.1) is 0 Å². The molecule has 6 aromatic carbocycles. The number of hydrogen-bond donors (Lipinski definition) is 2.